The lowest BCUT2D eigenvalue weighted by atomic mass is 10.1. The number of benzene rings is 1. The Balaban J connectivity index is 1.74. The lowest BCUT2D eigenvalue weighted by Crippen LogP contribution is -2.42. The number of carbonyl (C=O) groups is 1. The molecule has 0 unspecified atom stereocenters. The predicted octanol–water partition coefficient (Wildman–Crippen LogP) is 2.49. The number of amides is 1. The van der Waals surface area contributed by atoms with Gasteiger partial charge in [-0.3, -0.25) is 4.79 Å². The third-order valence-corrected chi connectivity index (χ3v) is 4.11. The van der Waals surface area contributed by atoms with Gasteiger partial charge in [0.15, 0.2) is 0 Å². The zero-order valence-electron chi connectivity index (χ0n) is 13.1. The summed E-state index contributed by atoms with van der Waals surface area (Å²) in [4.78, 5) is 14.6. The van der Waals surface area contributed by atoms with Crippen LogP contribution in [0.15, 0.2) is 53.1 Å². The Morgan fingerprint density at radius 2 is 2.09 bits per heavy atom. The maximum absolute atomic E-state index is 12.9. The molecule has 2 heterocycles. The Kier molecular flexibility index (Phi) is 5.10. The SMILES string of the molecule is N[C@H](C(=O)N(Cc1ccco1)C[C@@H]1CCCO1)c1ccccc1. The van der Waals surface area contributed by atoms with Gasteiger partial charge in [0.25, 0.3) is 0 Å². The van der Waals surface area contributed by atoms with Crippen molar-refractivity contribution in [2.45, 2.75) is 31.5 Å². The van der Waals surface area contributed by atoms with Crippen molar-refractivity contribution in [2.24, 2.45) is 5.73 Å². The molecule has 2 N–H and O–H groups in total. The molecule has 1 aromatic carbocycles. The highest BCUT2D eigenvalue weighted by Gasteiger charge is 2.27. The minimum absolute atomic E-state index is 0.0804. The summed E-state index contributed by atoms with van der Waals surface area (Å²) < 4.78 is 11.1. The van der Waals surface area contributed by atoms with Gasteiger partial charge in [0.1, 0.15) is 11.8 Å². The molecule has 5 nitrogen and oxygen atoms in total. The molecule has 122 valence electrons. The van der Waals surface area contributed by atoms with Gasteiger partial charge in [-0.1, -0.05) is 30.3 Å². The van der Waals surface area contributed by atoms with Crippen molar-refractivity contribution in [3.8, 4) is 0 Å². The summed E-state index contributed by atoms with van der Waals surface area (Å²) >= 11 is 0. The fraction of sp³-hybridized carbons (Fsp3) is 0.389. The number of furan rings is 1. The second kappa shape index (κ2) is 7.44. The number of hydrogen-bond donors (Lipinski definition) is 1. The van der Waals surface area contributed by atoms with E-state index in [2.05, 4.69) is 0 Å². The van der Waals surface area contributed by atoms with Gasteiger partial charge in [0.2, 0.25) is 5.91 Å². The number of ether oxygens (including phenoxy) is 1. The van der Waals surface area contributed by atoms with Crippen molar-refractivity contribution in [1.29, 1.82) is 0 Å². The van der Waals surface area contributed by atoms with Gasteiger partial charge in [-0.2, -0.15) is 0 Å². The molecule has 0 aliphatic carbocycles. The van der Waals surface area contributed by atoms with Gasteiger partial charge < -0.3 is 19.8 Å². The van der Waals surface area contributed by atoms with E-state index >= 15 is 0 Å². The molecular weight excluding hydrogens is 292 g/mol. The van der Waals surface area contributed by atoms with Gasteiger partial charge in [0.05, 0.1) is 18.9 Å². The van der Waals surface area contributed by atoms with E-state index in [0.29, 0.717) is 13.1 Å². The van der Waals surface area contributed by atoms with E-state index in [0.717, 1.165) is 30.8 Å². The molecule has 23 heavy (non-hydrogen) atoms. The molecule has 1 aliphatic rings. The number of nitrogens with zero attached hydrogens (tertiary/aromatic N) is 1. The molecule has 1 saturated heterocycles. The minimum Gasteiger partial charge on any atom is -0.467 e. The molecule has 1 amide bonds. The zero-order valence-corrected chi connectivity index (χ0v) is 13.1. The van der Waals surface area contributed by atoms with E-state index < -0.39 is 6.04 Å². The van der Waals surface area contributed by atoms with Crippen LogP contribution >= 0.6 is 0 Å². The largest absolute Gasteiger partial charge is 0.467 e. The van der Waals surface area contributed by atoms with Crippen molar-refractivity contribution in [2.75, 3.05) is 13.2 Å². The minimum atomic E-state index is -0.674. The third-order valence-electron chi connectivity index (χ3n) is 4.11. The number of hydrogen-bond acceptors (Lipinski definition) is 4. The second-order valence-electron chi connectivity index (χ2n) is 5.82. The first-order valence-corrected chi connectivity index (χ1v) is 7.97. The van der Waals surface area contributed by atoms with Crippen LogP contribution in [-0.4, -0.2) is 30.1 Å². The van der Waals surface area contributed by atoms with Gasteiger partial charge in [-0.25, -0.2) is 0 Å². The normalized spacial score (nSPS) is 18.7. The van der Waals surface area contributed by atoms with Gasteiger partial charge in [-0.15, -0.1) is 0 Å². The van der Waals surface area contributed by atoms with Gasteiger partial charge in [-0.05, 0) is 30.5 Å². The van der Waals surface area contributed by atoms with Crippen LogP contribution in [0.1, 0.15) is 30.2 Å². The molecular formula is C18H22N2O3. The molecule has 0 spiro atoms. The molecule has 0 bridgehead atoms. The first-order chi connectivity index (χ1) is 11.2. The Bertz CT molecular complexity index is 606. The highest BCUT2D eigenvalue weighted by atomic mass is 16.5. The monoisotopic (exact) mass is 314 g/mol. The maximum atomic E-state index is 12.9. The molecule has 0 saturated carbocycles. The number of rotatable bonds is 6. The average molecular weight is 314 g/mol. The third kappa shape index (κ3) is 4.00. The van der Waals surface area contributed by atoms with Crippen LogP contribution < -0.4 is 5.73 Å². The Morgan fingerprint density at radius 1 is 1.26 bits per heavy atom. The van der Waals surface area contributed by atoms with Gasteiger partial charge in [0, 0.05) is 13.2 Å². The van der Waals surface area contributed by atoms with E-state index in [9.17, 15) is 4.79 Å². The van der Waals surface area contributed by atoms with Crippen LogP contribution in [0.25, 0.3) is 0 Å². The van der Waals surface area contributed by atoms with E-state index in [1.807, 2.05) is 42.5 Å². The molecule has 2 aromatic rings. The predicted molar refractivity (Wildman–Crippen MR) is 86.5 cm³/mol. The number of carbonyl (C=O) groups excluding carboxylic acids is 1. The van der Waals surface area contributed by atoms with Crippen LogP contribution in [0.2, 0.25) is 0 Å². The van der Waals surface area contributed by atoms with Crippen molar-refractivity contribution >= 4 is 5.91 Å². The molecule has 1 fully saturated rings. The molecule has 3 rings (SSSR count). The van der Waals surface area contributed by atoms with Crippen LogP contribution in [0.3, 0.4) is 0 Å². The summed E-state index contributed by atoms with van der Waals surface area (Å²) in [7, 11) is 0. The smallest absolute Gasteiger partial charge is 0.244 e. The highest BCUT2D eigenvalue weighted by Crippen LogP contribution is 2.19. The first-order valence-electron chi connectivity index (χ1n) is 7.97. The standard InChI is InChI=1S/C18H22N2O3/c19-17(14-6-2-1-3-7-14)18(21)20(12-15-8-4-10-22-15)13-16-9-5-11-23-16/h1-4,6-8,10,16-17H,5,9,11-13,19H2/t16-,17-/m0/s1. The van der Waals surface area contributed by atoms with Crippen molar-refractivity contribution in [1.82, 2.24) is 4.90 Å². The summed E-state index contributed by atoms with van der Waals surface area (Å²) in [5.74, 6) is 0.639. The molecule has 1 aliphatic heterocycles. The molecule has 1 aromatic heterocycles. The average Bonchev–Trinajstić information content (AvgIpc) is 3.27. The second-order valence-corrected chi connectivity index (χ2v) is 5.82. The fourth-order valence-corrected chi connectivity index (χ4v) is 2.86. The van der Waals surface area contributed by atoms with E-state index in [1.165, 1.54) is 0 Å². The zero-order chi connectivity index (χ0) is 16.1. The lowest BCUT2D eigenvalue weighted by Gasteiger charge is -2.27. The first kappa shape index (κ1) is 15.8. The fourth-order valence-electron chi connectivity index (χ4n) is 2.86. The van der Waals surface area contributed by atoms with Gasteiger partial charge >= 0.3 is 0 Å². The summed E-state index contributed by atoms with van der Waals surface area (Å²) in [6.45, 7) is 1.71. The molecule has 2 atom stereocenters. The lowest BCUT2D eigenvalue weighted by molar-refractivity contribution is -0.135. The highest BCUT2D eigenvalue weighted by molar-refractivity contribution is 5.83. The topological polar surface area (TPSA) is 68.7 Å². The van der Waals surface area contributed by atoms with Crippen LogP contribution in [0, 0.1) is 0 Å². The van der Waals surface area contributed by atoms with Crippen molar-refractivity contribution in [3.63, 3.8) is 0 Å². The summed E-state index contributed by atoms with van der Waals surface area (Å²) in [6, 6.07) is 12.4. The van der Waals surface area contributed by atoms with Crippen LogP contribution in [-0.2, 0) is 16.1 Å². The van der Waals surface area contributed by atoms with Crippen molar-refractivity contribution < 1.29 is 13.9 Å². The Labute approximate surface area is 136 Å². The quantitative estimate of drug-likeness (QED) is 0.889. The van der Waals surface area contributed by atoms with Crippen molar-refractivity contribution in [3.05, 3.63) is 60.1 Å². The van der Waals surface area contributed by atoms with Crippen LogP contribution in [0.4, 0.5) is 0 Å². The Morgan fingerprint density at radius 3 is 2.74 bits per heavy atom. The van der Waals surface area contributed by atoms with E-state index in [4.69, 9.17) is 14.9 Å². The molecule has 5 heteroatoms. The van der Waals surface area contributed by atoms with Crippen LogP contribution in [0.5, 0.6) is 0 Å². The summed E-state index contributed by atoms with van der Waals surface area (Å²) in [5.41, 5.74) is 6.99. The number of nitrogens with two attached hydrogens (primary N) is 1. The molecule has 0 radical (unpaired) electrons. The van der Waals surface area contributed by atoms with E-state index in [-0.39, 0.29) is 12.0 Å². The summed E-state index contributed by atoms with van der Waals surface area (Å²) in [6.07, 6.45) is 3.71. The maximum Gasteiger partial charge on any atom is 0.244 e. The summed E-state index contributed by atoms with van der Waals surface area (Å²) in [5, 5.41) is 0. The van der Waals surface area contributed by atoms with E-state index in [1.54, 1.807) is 11.2 Å². The Hall–Kier alpha value is -2.11.